The fourth-order valence-electron chi connectivity index (χ4n) is 3.45. The quantitative estimate of drug-likeness (QED) is 0.721. The molecule has 2 aromatic heterocycles. The highest BCUT2D eigenvalue weighted by molar-refractivity contribution is 5.54. The third-order valence-corrected chi connectivity index (χ3v) is 5.10. The first kappa shape index (κ1) is 19.1. The summed E-state index contributed by atoms with van der Waals surface area (Å²) in [5.41, 5.74) is 1.27. The number of aromatic nitrogens is 3. The maximum absolute atomic E-state index is 10.1. The Morgan fingerprint density at radius 2 is 2.15 bits per heavy atom. The summed E-state index contributed by atoms with van der Waals surface area (Å²) in [6.45, 7) is 4.80. The van der Waals surface area contributed by atoms with Crippen LogP contribution in [0.2, 0.25) is 0 Å². The van der Waals surface area contributed by atoms with Crippen molar-refractivity contribution in [2.75, 3.05) is 17.2 Å². The fraction of sp³-hybridized carbons (Fsp3) is 0.500. The van der Waals surface area contributed by atoms with Crippen LogP contribution in [0.15, 0.2) is 30.6 Å². The number of nitrogens with zero attached hydrogens (tertiary/aromatic N) is 4. The Hall–Kier alpha value is -2.72. The van der Waals surface area contributed by atoms with Gasteiger partial charge in [0, 0.05) is 30.9 Å². The Balaban J connectivity index is 1.64. The van der Waals surface area contributed by atoms with Crippen LogP contribution in [0, 0.1) is 16.7 Å². The summed E-state index contributed by atoms with van der Waals surface area (Å²) in [7, 11) is 0. The molecule has 7 nitrogen and oxygen atoms in total. The summed E-state index contributed by atoms with van der Waals surface area (Å²) in [4.78, 5) is 13.0. The summed E-state index contributed by atoms with van der Waals surface area (Å²) >= 11 is 0. The summed E-state index contributed by atoms with van der Waals surface area (Å²) in [5.74, 6) is 1.03. The van der Waals surface area contributed by atoms with Gasteiger partial charge in [-0.15, -0.1) is 0 Å². The molecule has 0 aliphatic heterocycles. The largest absolute Gasteiger partial charge is 0.393 e. The van der Waals surface area contributed by atoms with Crippen molar-refractivity contribution < 1.29 is 5.11 Å². The minimum atomic E-state index is -0.291. The van der Waals surface area contributed by atoms with Gasteiger partial charge in [-0.25, -0.2) is 4.98 Å². The van der Waals surface area contributed by atoms with E-state index in [4.69, 9.17) is 0 Å². The summed E-state index contributed by atoms with van der Waals surface area (Å²) < 4.78 is 0. The number of nitriles is 1. The number of pyridine rings is 1. The summed E-state index contributed by atoms with van der Waals surface area (Å²) in [5, 5.41) is 26.1. The van der Waals surface area contributed by atoms with Crippen molar-refractivity contribution in [1.29, 1.82) is 5.26 Å². The van der Waals surface area contributed by atoms with Gasteiger partial charge in [-0.05, 0) is 36.8 Å². The Bertz CT molecular complexity index is 802. The van der Waals surface area contributed by atoms with Crippen molar-refractivity contribution in [3.63, 3.8) is 0 Å². The number of anilines is 2. The molecule has 1 aliphatic rings. The molecule has 1 aliphatic carbocycles. The Morgan fingerprint density at radius 3 is 2.85 bits per heavy atom. The average molecular weight is 366 g/mol. The molecule has 0 saturated heterocycles. The molecule has 7 heteroatoms. The molecule has 1 saturated carbocycles. The third kappa shape index (κ3) is 4.92. The van der Waals surface area contributed by atoms with Gasteiger partial charge in [0.2, 0.25) is 5.95 Å². The lowest BCUT2D eigenvalue weighted by molar-refractivity contribution is 0.00926. The van der Waals surface area contributed by atoms with E-state index >= 15 is 0 Å². The Kier molecular flexibility index (Phi) is 5.87. The van der Waals surface area contributed by atoms with Crippen LogP contribution in [0.4, 0.5) is 11.8 Å². The standard InChI is InChI=1S/C20H26N6O/c1-20(2)11-16(6-7-17(20)27)25-18-14(12-21)13-24-19(26-18)23-10-8-15-5-3-4-9-22-15/h3-5,9,13,16-17,27H,6-8,10-11H2,1-2H3,(H2,23,24,25,26)/t16-,17?/m1/s1. The highest BCUT2D eigenvalue weighted by Crippen LogP contribution is 2.36. The number of aliphatic hydroxyl groups is 1. The minimum absolute atomic E-state index is 0.153. The van der Waals surface area contributed by atoms with Gasteiger partial charge in [0.25, 0.3) is 0 Å². The first-order valence-electron chi connectivity index (χ1n) is 9.33. The smallest absolute Gasteiger partial charge is 0.224 e. The third-order valence-electron chi connectivity index (χ3n) is 5.10. The Labute approximate surface area is 159 Å². The monoisotopic (exact) mass is 366 g/mol. The van der Waals surface area contributed by atoms with Crippen molar-refractivity contribution in [2.45, 2.75) is 51.7 Å². The van der Waals surface area contributed by atoms with E-state index in [9.17, 15) is 10.4 Å². The molecule has 142 valence electrons. The van der Waals surface area contributed by atoms with Gasteiger partial charge < -0.3 is 15.7 Å². The van der Waals surface area contributed by atoms with Gasteiger partial charge in [-0.1, -0.05) is 19.9 Å². The van der Waals surface area contributed by atoms with Crippen LogP contribution in [-0.2, 0) is 6.42 Å². The van der Waals surface area contributed by atoms with Crippen LogP contribution < -0.4 is 10.6 Å². The number of hydrogen-bond donors (Lipinski definition) is 3. The molecule has 0 amide bonds. The van der Waals surface area contributed by atoms with Gasteiger partial charge in [0.05, 0.1) is 12.3 Å². The molecule has 2 atom stereocenters. The van der Waals surface area contributed by atoms with Gasteiger partial charge in [0.15, 0.2) is 0 Å². The number of rotatable bonds is 6. The van der Waals surface area contributed by atoms with Crippen molar-refractivity contribution in [1.82, 2.24) is 15.0 Å². The molecule has 3 rings (SSSR count). The molecule has 1 unspecified atom stereocenters. The molecule has 0 aromatic carbocycles. The van der Waals surface area contributed by atoms with E-state index in [-0.39, 0.29) is 17.6 Å². The fourth-order valence-corrected chi connectivity index (χ4v) is 3.45. The van der Waals surface area contributed by atoms with E-state index in [0.29, 0.717) is 23.9 Å². The van der Waals surface area contributed by atoms with Crippen molar-refractivity contribution in [3.05, 3.63) is 41.9 Å². The van der Waals surface area contributed by atoms with Gasteiger partial charge in [-0.2, -0.15) is 10.2 Å². The lowest BCUT2D eigenvalue weighted by Gasteiger charge is -2.40. The van der Waals surface area contributed by atoms with Crippen LogP contribution in [-0.4, -0.2) is 38.7 Å². The van der Waals surface area contributed by atoms with E-state index in [1.54, 1.807) is 12.4 Å². The predicted molar refractivity (Wildman–Crippen MR) is 104 cm³/mol. The minimum Gasteiger partial charge on any atom is -0.393 e. The highest BCUT2D eigenvalue weighted by atomic mass is 16.3. The Morgan fingerprint density at radius 1 is 1.30 bits per heavy atom. The van der Waals surface area contributed by atoms with Crippen LogP contribution in [0.5, 0.6) is 0 Å². The number of aliphatic hydroxyl groups excluding tert-OH is 1. The van der Waals surface area contributed by atoms with Gasteiger partial charge in [-0.3, -0.25) is 4.98 Å². The van der Waals surface area contributed by atoms with Gasteiger partial charge in [0.1, 0.15) is 17.5 Å². The second-order valence-corrected chi connectivity index (χ2v) is 7.69. The lowest BCUT2D eigenvalue weighted by atomic mass is 9.73. The molecular weight excluding hydrogens is 340 g/mol. The first-order chi connectivity index (χ1) is 13.0. The molecule has 27 heavy (non-hydrogen) atoms. The normalized spacial score (nSPS) is 21.3. The summed E-state index contributed by atoms with van der Waals surface area (Å²) in [6, 6.07) is 8.16. The molecule has 0 radical (unpaired) electrons. The van der Waals surface area contributed by atoms with E-state index in [1.165, 1.54) is 0 Å². The van der Waals surface area contributed by atoms with Crippen molar-refractivity contribution in [3.8, 4) is 6.07 Å². The highest BCUT2D eigenvalue weighted by Gasteiger charge is 2.35. The molecule has 2 heterocycles. The second kappa shape index (κ2) is 8.31. The van der Waals surface area contributed by atoms with Gasteiger partial charge >= 0.3 is 0 Å². The van der Waals surface area contributed by atoms with Crippen molar-refractivity contribution >= 4 is 11.8 Å². The predicted octanol–water partition coefficient (Wildman–Crippen LogP) is 2.75. The zero-order valence-electron chi connectivity index (χ0n) is 15.8. The first-order valence-corrected chi connectivity index (χ1v) is 9.33. The number of nitrogens with one attached hydrogen (secondary N) is 2. The van der Waals surface area contributed by atoms with Crippen LogP contribution in [0.1, 0.15) is 44.4 Å². The molecular formula is C20H26N6O. The molecule has 3 N–H and O–H groups in total. The summed E-state index contributed by atoms with van der Waals surface area (Å²) in [6.07, 6.45) is 6.21. The molecule has 0 bridgehead atoms. The number of hydrogen-bond acceptors (Lipinski definition) is 7. The van der Waals surface area contributed by atoms with E-state index in [2.05, 4.69) is 45.5 Å². The van der Waals surface area contributed by atoms with E-state index in [1.807, 2.05) is 18.2 Å². The lowest BCUT2D eigenvalue weighted by Crippen LogP contribution is -2.41. The zero-order valence-corrected chi connectivity index (χ0v) is 15.8. The second-order valence-electron chi connectivity index (χ2n) is 7.69. The van der Waals surface area contributed by atoms with Crippen LogP contribution >= 0.6 is 0 Å². The molecule has 1 fully saturated rings. The maximum atomic E-state index is 10.1. The average Bonchev–Trinajstić information content (AvgIpc) is 2.66. The van der Waals surface area contributed by atoms with E-state index in [0.717, 1.165) is 31.4 Å². The van der Waals surface area contributed by atoms with Crippen molar-refractivity contribution in [2.24, 2.45) is 5.41 Å². The maximum Gasteiger partial charge on any atom is 0.224 e. The van der Waals surface area contributed by atoms with E-state index < -0.39 is 0 Å². The van der Waals surface area contributed by atoms with Crippen LogP contribution in [0.25, 0.3) is 0 Å². The van der Waals surface area contributed by atoms with Crippen LogP contribution in [0.3, 0.4) is 0 Å². The molecule has 2 aromatic rings. The topological polar surface area (TPSA) is 107 Å². The molecule has 0 spiro atoms. The zero-order chi connectivity index (χ0) is 19.3. The SMILES string of the molecule is CC1(C)C[C@H](Nc2nc(NCCc3ccccn3)ncc2C#N)CCC1O.